The molecular formula is C21H40O2. The Bertz CT molecular complexity index is 298. The molecule has 0 saturated heterocycles. The highest BCUT2D eigenvalue weighted by Gasteiger charge is 2.30. The number of carbonyl (C=O) groups is 1. The molecule has 2 heteroatoms. The molecular weight excluding hydrogens is 284 g/mol. The van der Waals surface area contributed by atoms with Crippen LogP contribution in [0.4, 0.5) is 0 Å². The molecule has 2 nitrogen and oxygen atoms in total. The van der Waals surface area contributed by atoms with Crippen LogP contribution in [0.15, 0.2) is 12.7 Å². The average molecular weight is 325 g/mol. The summed E-state index contributed by atoms with van der Waals surface area (Å²) in [6, 6.07) is 0. The van der Waals surface area contributed by atoms with Crippen molar-refractivity contribution in [1.82, 2.24) is 0 Å². The van der Waals surface area contributed by atoms with Crippen molar-refractivity contribution < 1.29 is 9.53 Å². The minimum absolute atomic E-state index is 0.259. The number of hydrogen-bond acceptors (Lipinski definition) is 2. The van der Waals surface area contributed by atoms with Crippen LogP contribution < -0.4 is 0 Å². The van der Waals surface area contributed by atoms with Crippen molar-refractivity contribution in [2.75, 3.05) is 0 Å². The fraction of sp³-hybridized carbons (Fsp3) is 0.857. The van der Waals surface area contributed by atoms with Crippen LogP contribution in [0.2, 0.25) is 0 Å². The summed E-state index contributed by atoms with van der Waals surface area (Å²) in [6.07, 6.45) is 18.2. The Morgan fingerprint density at radius 1 is 0.826 bits per heavy atom. The molecule has 23 heavy (non-hydrogen) atoms. The largest absolute Gasteiger partial charge is 0.456 e. The molecule has 0 rings (SSSR count). The first-order chi connectivity index (χ1) is 11.1. The third-order valence-corrected chi connectivity index (χ3v) is 4.85. The van der Waals surface area contributed by atoms with Crippen LogP contribution >= 0.6 is 0 Å². The van der Waals surface area contributed by atoms with Gasteiger partial charge in [0.15, 0.2) is 0 Å². The number of carbonyl (C=O) groups excluding carboxylic acids is 1. The molecule has 0 bridgehead atoms. The van der Waals surface area contributed by atoms with E-state index in [-0.39, 0.29) is 11.6 Å². The second kappa shape index (κ2) is 14.8. The third-order valence-electron chi connectivity index (χ3n) is 4.85. The highest BCUT2D eigenvalue weighted by atomic mass is 16.6. The highest BCUT2D eigenvalue weighted by molar-refractivity contribution is 5.81. The van der Waals surface area contributed by atoms with E-state index in [4.69, 9.17) is 4.74 Å². The van der Waals surface area contributed by atoms with Gasteiger partial charge in [-0.25, -0.2) is 4.79 Å². The predicted octanol–water partition coefficient (Wildman–Crippen LogP) is 6.98. The molecule has 0 N–H and O–H groups in total. The molecule has 0 aliphatic rings. The Kier molecular flexibility index (Phi) is 14.3. The molecule has 1 atom stereocenters. The second-order valence-corrected chi connectivity index (χ2v) is 6.84. The Labute approximate surface area is 145 Å². The van der Waals surface area contributed by atoms with E-state index in [1.54, 1.807) is 0 Å². The van der Waals surface area contributed by atoms with Crippen molar-refractivity contribution in [3.05, 3.63) is 12.7 Å². The minimum Gasteiger partial charge on any atom is -0.456 e. The lowest BCUT2D eigenvalue weighted by Crippen LogP contribution is -2.34. The molecule has 0 fully saturated rings. The average Bonchev–Trinajstić information content (AvgIpc) is 2.57. The van der Waals surface area contributed by atoms with Crippen molar-refractivity contribution >= 4 is 5.97 Å². The normalized spacial score (nSPS) is 13.5. The summed E-state index contributed by atoms with van der Waals surface area (Å²) in [5, 5.41) is 0. The summed E-state index contributed by atoms with van der Waals surface area (Å²) in [6.45, 7) is 10.2. The SMILES string of the molecule is C=CC(=O)OC(CC)(CCCCCC)CCCCCCCCC. The molecule has 0 heterocycles. The predicted molar refractivity (Wildman–Crippen MR) is 101 cm³/mol. The number of hydrogen-bond donors (Lipinski definition) is 0. The van der Waals surface area contributed by atoms with Crippen LogP contribution in [0.3, 0.4) is 0 Å². The van der Waals surface area contributed by atoms with E-state index in [9.17, 15) is 4.79 Å². The monoisotopic (exact) mass is 324 g/mol. The van der Waals surface area contributed by atoms with Gasteiger partial charge >= 0.3 is 5.97 Å². The Morgan fingerprint density at radius 2 is 1.26 bits per heavy atom. The molecule has 0 radical (unpaired) electrons. The fourth-order valence-corrected chi connectivity index (χ4v) is 3.19. The van der Waals surface area contributed by atoms with Gasteiger partial charge in [-0.05, 0) is 32.1 Å². The molecule has 136 valence electrons. The number of rotatable bonds is 16. The smallest absolute Gasteiger partial charge is 0.330 e. The van der Waals surface area contributed by atoms with Crippen LogP contribution in [0.1, 0.15) is 111 Å². The summed E-state index contributed by atoms with van der Waals surface area (Å²) in [7, 11) is 0. The maximum absolute atomic E-state index is 11.7. The molecule has 0 aromatic heterocycles. The molecule has 0 aromatic carbocycles. The van der Waals surface area contributed by atoms with E-state index in [0.29, 0.717) is 0 Å². The lowest BCUT2D eigenvalue weighted by Gasteiger charge is -2.32. The van der Waals surface area contributed by atoms with Crippen LogP contribution in [0, 0.1) is 0 Å². The van der Waals surface area contributed by atoms with Crippen molar-refractivity contribution in [2.45, 2.75) is 116 Å². The van der Waals surface area contributed by atoms with Crippen molar-refractivity contribution in [1.29, 1.82) is 0 Å². The molecule has 0 saturated carbocycles. The zero-order valence-corrected chi connectivity index (χ0v) is 16.0. The summed E-state index contributed by atoms with van der Waals surface area (Å²) >= 11 is 0. The van der Waals surface area contributed by atoms with Crippen LogP contribution in [-0.4, -0.2) is 11.6 Å². The maximum atomic E-state index is 11.7. The number of esters is 1. The second-order valence-electron chi connectivity index (χ2n) is 6.84. The number of unbranched alkanes of at least 4 members (excludes halogenated alkanes) is 9. The summed E-state index contributed by atoms with van der Waals surface area (Å²) < 4.78 is 5.80. The van der Waals surface area contributed by atoms with Crippen LogP contribution in [-0.2, 0) is 9.53 Å². The van der Waals surface area contributed by atoms with Gasteiger partial charge in [0, 0.05) is 6.08 Å². The first-order valence-electron chi connectivity index (χ1n) is 9.99. The summed E-state index contributed by atoms with van der Waals surface area (Å²) in [5.41, 5.74) is -0.261. The lowest BCUT2D eigenvalue weighted by molar-refractivity contribution is -0.156. The lowest BCUT2D eigenvalue weighted by atomic mass is 9.87. The van der Waals surface area contributed by atoms with E-state index in [1.807, 2.05) is 0 Å². The van der Waals surface area contributed by atoms with Gasteiger partial charge in [-0.3, -0.25) is 0 Å². The maximum Gasteiger partial charge on any atom is 0.330 e. The molecule has 0 aliphatic heterocycles. The van der Waals surface area contributed by atoms with E-state index >= 15 is 0 Å². The number of ether oxygens (including phenoxy) is 1. The van der Waals surface area contributed by atoms with Crippen molar-refractivity contribution in [3.63, 3.8) is 0 Å². The molecule has 0 amide bonds. The van der Waals surface area contributed by atoms with Gasteiger partial charge in [-0.2, -0.15) is 0 Å². The standard InChI is InChI=1S/C21H40O2/c1-5-9-11-13-14-15-17-19-21(8-4,23-20(22)7-3)18-16-12-10-6-2/h7H,3,5-6,8-19H2,1-2,4H3. The van der Waals surface area contributed by atoms with Gasteiger partial charge in [0.1, 0.15) is 5.60 Å². The van der Waals surface area contributed by atoms with E-state index in [2.05, 4.69) is 27.4 Å². The Hall–Kier alpha value is -0.790. The molecule has 0 spiro atoms. The van der Waals surface area contributed by atoms with E-state index in [0.717, 1.165) is 32.1 Å². The Morgan fingerprint density at radius 3 is 1.70 bits per heavy atom. The molecule has 1 unspecified atom stereocenters. The molecule has 0 aromatic rings. The van der Waals surface area contributed by atoms with Gasteiger partial charge in [0.05, 0.1) is 0 Å². The van der Waals surface area contributed by atoms with E-state index < -0.39 is 0 Å². The van der Waals surface area contributed by atoms with Gasteiger partial charge in [0.2, 0.25) is 0 Å². The van der Waals surface area contributed by atoms with Crippen molar-refractivity contribution in [2.24, 2.45) is 0 Å². The van der Waals surface area contributed by atoms with Gasteiger partial charge in [0.25, 0.3) is 0 Å². The first kappa shape index (κ1) is 22.2. The zero-order chi connectivity index (χ0) is 17.4. The van der Waals surface area contributed by atoms with Gasteiger partial charge in [-0.1, -0.05) is 85.1 Å². The van der Waals surface area contributed by atoms with Crippen LogP contribution in [0.25, 0.3) is 0 Å². The van der Waals surface area contributed by atoms with Gasteiger partial charge < -0.3 is 4.74 Å². The quantitative estimate of drug-likeness (QED) is 0.174. The van der Waals surface area contributed by atoms with Gasteiger partial charge in [-0.15, -0.1) is 0 Å². The topological polar surface area (TPSA) is 26.3 Å². The van der Waals surface area contributed by atoms with E-state index in [1.165, 1.54) is 63.9 Å². The fourth-order valence-electron chi connectivity index (χ4n) is 3.19. The molecule has 0 aliphatic carbocycles. The van der Waals surface area contributed by atoms with Crippen LogP contribution in [0.5, 0.6) is 0 Å². The minimum atomic E-state index is -0.261. The highest BCUT2D eigenvalue weighted by Crippen LogP contribution is 2.30. The summed E-state index contributed by atoms with van der Waals surface area (Å²) in [4.78, 5) is 11.7. The third kappa shape index (κ3) is 11.4. The zero-order valence-electron chi connectivity index (χ0n) is 16.0. The Balaban J connectivity index is 4.27. The summed E-state index contributed by atoms with van der Waals surface area (Å²) in [5.74, 6) is -0.259. The van der Waals surface area contributed by atoms with Crippen molar-refractivity contribution in [3.8, 4) is 0 Å². The first-order valence-corrected chi connectivity index (χ1v) is 9.99.